The maximum absolute atomic E-state index is 12.9. The second-order valence-electron chi connectivity index (χ2n) is 9.11. The summed E-state index contributed by atoms with van der Waals surface area (Å²) in [4.78, 5) is 24.6. The van der Waals surface area contributed by atoms with Crippen LogP contribution in [-0.2, 0) is 16.0 Å². The molecule has 1 aromatic carbocycles. The number of rotatable bonds is 10. The molecule has 0 amide bonds. The van der Waals surface area contributed by atoms with Crippen LogP contribution in [0.5, 0.6) is 0 Å². The molecule has 0 spiro atoms. The number of fused-ring (bicyclic) bond motifs is 1. The third kappa shape index (κ3) is 5.74. The van der Waals surface area contributed by atoms with Gasteiger partial charge in [-0.3, -0.25) is 9.59 Å². The largest absolute Gasteiger partial charge is 0.481 e. The number of allylic oxidation sites excluding steroid dienone is 2. The molecule has 0 saturated heterocycles. The number of unbranched alkanes of at least 4 members (excludes halogenated alkanes) is 1. The van der Waals surface area contributed by atoms with Crippen LogP contribution >= 0.6 is 11.3 Å². The number of hydrogen-bond donors (Lipinski definition) is 3. The van der Waals surface area contributed by atoms with E-state index in [4.69, 9.17) is 5.11 Å². The molecule has 2 aromatic rings. The monoisotopic (exact) mass is 456 g/mol. The van der Waals surface area contributed by atoms with Crippen LogP contribution in [0.4, 0.5) is 0 Å². The fraction of sp³-hybridized carbons (Fsp3) is 0.462. The van der Waals surface area contributed by atoms with Gasteiger partial charge in [0.05, 0.1) is 17.6 Å². The summed E-state index contributed by atoms with van der Waals surface area (Å²) >= 11 is 1.66. The molecule has 32 heavy (non-hydrogen) atoms. The van der Waals surface area contributed by atoms with Crippen LogP contribution in [0.1, 0.15) is 44.4 Å². The maximum Gasteiger partial charge on any atom is 0.303 e. The molecule has 3 rings (SSSR count). The molecule has 1 aliphatic carbocycles. The summed E-state index contributed by atoms with van der Waals surface area (Å²) in [6.07, 6.45) is 8.14. The molecular weight excluding hydrogens is 424 g/mol. The Bertz CT molecular complexity index is 970. The van der Waals surface area contributed by atoms with Crippen molar-refractivity contribution in [2.24, 2.45) is 17.3 Å². The first kappa shape index (κ1) is 24.4. The Hall–Kier alpha value is -2.28. The minimum Gasteiger partial charge on any atom is -0.481 e. The van der Waals surface area contributed by atoms with Crippen molar-refractivity contribution in [3.05, 3.63) is 59.5 Å². The molecule has 4 unspecified atom stereocenters. The number of carbonyl (C=O) groups is 2. The molecule has 1 aliphatic rings. The average molecular weight is 457 g/mol. The predicted molar refractivity (Wildman–Crippen MR) is 128 cm³/mol. The lowest BCUT2D eigenvalue weighted by Gasteiger charge is -2.22. The molecule has 0 aliphatic heterocycles. The fourth-order valence-electron chi connectivity index (χ4n) is 4.40. The van der Waals surface area contributed by atoms with Crippen molar-refractivity contribution < 1.29 is 24.9 Å². The first-order valence-electron chi connectivity index (χ1n) is 11.1. The van der Waals surface area contributed by atoms with E-state index < -0.39 is 23.6 Å². The van der Waals surface area contributed by atoms with Gasteiger partial charge in [-0.2, -0.15) is 0 Å². The summed E-state index contributed by atoms with van der Waals surface area (Å²) in [6.45, 7) is 3.54. The molecule has 4 atom stereocenters. The predicted octanol–water partition coefficient (Wildman–Crippen LogP) is 4.76. The first-order chi connectivity index (χ1) is 15.2. The summed E-state index contributed by atoms with van der Waals surface area (Å²) in [5.41, 5.74) is -0.840. The molecular formula is C26H32O5S. The van der Waals surface area contributed by atoms with Crippen LogP contribution < -0.4 is 0 Å². The lowest BCUT2D eigenvalue weighted by Crippen LogP contribution is -2.31. The maximum atomic E-state index is 12.9. The highest BCUT2D eigenvalue weighted by atomic mass is 32.1. The van der Waals surface area contributed by atoms with Crippen LogP contribution in [0.25, 0.3) is 10.1 Å². The van der Waals surface area contributed by atoms with E-state index in [1.807, 2.05) is 24.3 Å². The third-order valence-electron chi connectivity index (χ3n) is 6.30. The summed E-state index contributed by atoms with van der Waals surface area (Å²) in [5, 5.41) is 31.3. The number of ketones is 1. The lowest BCUT2D eigenvalue weighted by molar-refractivity contribution is -0.137. The van der Waals surface area contributed by atoms with Gasteiger partial charge in [-0.05, 0) is 36.8 Å². The zero-order chi connectivity index (χ0) is 23.3. The van der Waals surface area contributed by atoms with Crippen molar-refractivity contribution in [3.63, 3.8) is 0 Å². The Labute approximate surface area is 193 Å². The summed E-state index contributed by atoms with van der Waals surface area (Å²) in [6, 6.07) is 10.2. The van der Waals surface area contributed by atoms with Crippen LogP contribution in [0.3, 0.4) is 0 Å². The first-order valence-corrected chi connectivity index (χ1v) is 11.9. The van der Waals surface area contributed by atoms with Gasteiger partial charge >= 0.3 is 5.97 Å². The van der Waals surface area contributed by atoms with Crippen molar-refractivity contribution >= 4 is 33.2 Å². The Kier molecular flexibility index (Phi) is 8.04. The Morgan fingerprint density at radius 2 is 2.00 bits per heavy atom. The number of aliphatic hydroxyl groups is 2. The standard InChI is InChI=1S/C26H32O5S/c1-26(2)24(30)20(10-5-3-4-6-12-23(28)29)21(25(26)31)14-13-18(27)16-19-15-17-9-7-8-11-22(17)32-19/h3,5,7-9,11,13-15,18,20-21,25,27,31H,4,6,10,12,16H2,1-2H3,(H,28,29)/b5-3-,14-13+. The van der Waals surface area contributed by atoms with Crippen molar-refractivity contribution in [1.82, 2.24) is 0 Å². The number of hydrogen-bond acceptors (Lipinski definition) is 5. The molecule has 1 aromatic heterocycles. The number of benzene rings is 1. The number of carboxylic acids is 1. The Morgan fingerprint density at radius 3 is 2.72 bits per heavy atom. The molecule has 172 valence electrons. The lowest BCUT2D eigenvalue weighted by atomic mass is 9.86. The zero-order valence-electron chi connectivity index (χ0n) is 18.6. The summed E-state index contributed by atoms with van der Waals surface area (Å²) < 4.78 is 1.19. The van der Waals surface area contributed by atoms with E-state index in [-0.39, 0.29) is 24.0 Å². The Morgan fingerprint density at radius 1 is 1.25 bits per heavy atom. The average Bonchev–Trinajstić information content (AvgIpc) is 3.21. The van der Waals surface area contributed by atoms with E-state index >= 15 is 0 Å². The topological polar surface area (TPSA) is 94.8 Å². The smallest absolute Gasteiger partial charge is 0.303 e. The highest BCUT2D eigenvalue weighted by Gasteiger charge is 2.52. The van der Waals surface area contributed by atoms with Crippen molar-refractivity contribution in [3.8, 4) is 0 Å². The summed E-state index contributed by atoms with van der Waals surface area (Å²) in [5.74, 6) is -1.51. The molecule has 6 heteroatoms. The highest BCUT2D eigenvalue weighted by Crippen LogP contribution is 2.44. The second-order valence-corrected chi connectivity index (χ2v) is 10.3. The van der Waals surface area contributed by atoms with Crippen molar-refractivity contribution in [2.75, 3.05) is 0 Å². The van der Waals surface area contributed by atoms with E-state index in [1.165, 1.54) is 4.70 Å². The third-order valence-corrected chi connectivity index (χ3v) is 7.44. The van der Waals surface area contributed by atoms with Gasteiger partial charge in [0.2, 0.25) is 0 Å². The van der Waals surface area contributed by atoms with Crippen LogP contribution in [0.2, 0.25) is 0 Å². The minimum atomic E-state index is -0.840. The van der Waals surface area contributed by atoms with Crippen LogP contribution in [0.15, 0.2) is 54.6 Å². The van der Waals surface area contributed by atoms with E-state index in [0.29, 0.717) is 25.7 Å². The summed E-state index contributed by atoms with van der Waals surface area (Å²) in [7, 11) is 0. The molecule has 1 saturated carbocycles. The van der Waals surface area contributed by atoms with Gasteiger partial charge in [0.25, 0.3) is 0 Å². The molecule has 1 heterocycles. The van der Waals surface area contributed by atoms with E-state index in [2.05, 4.69) is 18.2 Å². The van der Waals surface area contributed by atoms with E-state index in [0.717, 1.165) is 10.3 Å². The number of aliphatic carboxylic acids is 1. The van der Waals surface area contributed by atoms with Gasteiger partial charge in [0.15, 0.2) is 0 Å². The molecule has 0 bridgehead atoms. The minimum absolute atomic E-state index is 0.0221. The van der Waals surface area contributed by atoms with Crippen LogP contribution in [-0.4, -0.2) is 39.3 Å². The molecule has 0 radical (unpaired) electrons. The van der Waals surface area contributed by atoms with Gasteiger partial charge < -0.3 is 15.3 Å². The Balaban J connectivity index is 1.64. The van der Waals surface area contributed by atoms with Gasteiger partial charge in [-0.1, -0.05) is 56.4 Å². The second kappa shape index (κ2) is 10.6. The molecule has 3 N–H and O–H groups in total. The molecule has 1 fully saturated rings. The molecule has 5 nitrogen and oxygen atoms in total. The fourth-order valence-corrected chi connectivity index (χ4v) is 5.52. The van der Waals surface area contributed by atoms with Gasteiger partial charge in [-0.15, -0.1) is 11.3 Å². The quantitative estimate of drug-likeness (QED) is 0.354. The number of Topliss-reactive ketones (excluding diaryl/α,β-unsaturated/α-hetero) is 1. The van der Waals surface area contributed by atoms with Crippen LogP contribution in [0, 0.1) is 17.3 Å². The zero-order valence-corrected chi connectivity index (χ0v) is 19.4. The normalized spacial score (nSPS) is 24.1. The number of carboxylic acid groups (broad SMARTS) is 1. The van der Waals surface area contributed by atoms with Crippen molar-refractivity contribution in [1.29, 1.82) is 0 Å². The number of carbonyl (C=O) groups excluding carboxylic acids is 1. The number of aliphatic hydroxyl groups excluding tert-OH is 2. The van der Waals surface area contributed by atoms with Crippen molar-refractivity contribution in [2.45, 2.75) is 58.2 Å². The number of thiophene rings is 1. The highest BCUT2D eigenvalue weighted by molar-refractivity contribution is 7.19. The van der Waals surface area contributed by atoms with Gasteiger partial charge in [-0.25, -0.2) is 0 Å². The van der Waals surface area contributed by atoms with Gasteiger partial charge in [0.1, 0.15) is 5.78 Å². The van der Waals surface area contributed by atoms with E-state index in [1.54, 1.807) is 37.3 Å². The SMILES string of the molecule is CC1(C)C(=O)C(C/C=C\CCCC(=O)O)C(/C=C/C(O)Cc2cc3ccccc3s2)C1O. The van der Waals surface area contributed by atoms with Gasteiger partial charge in [0, 0.05) is 34.3 Å². The van der Waals surface area contributed by atoms with E-state index in [9.17, 15) is 19.8 Å².